The second-order valence-corrected chi connectivity index (χ2v) is 6.14. The number of hydrogen-bond donors (Lipinski definition) is 2. The first-order chi connectivity index (χ1) is 10.7. The van der Waals surface area contributed by atoms with Crippen LogP contribution in [0.15, 0.2) is 35.7 Å². The number of thiazole rings is 1. The lowest BCUT2D eigenvalue weighted by Crippen LogP contribution is -2.51. The van der Waals surface area contributed by atoms with E-state index in [0.29, 0.717) is 19.8 Å². The largest absolute Gasteiger partial charge is 0.378 e. The lowest BCUT2D eigenvalue weighted by Gasteiger charge is -2.24. The molecule has 22 heavy (non-hydrogen) atoms. The molecule has 1 fully saturated rings. The molecule has 1 amide bonds. The summed E-state index contributed by atoms with van der Waals surface area (Å²) in [4.78, 5) is 16.8. The molecular weight excluding hydrogens is 298 g/mol. The van der Waals surface area contributed by atoms with Crippen molar-refractivity contribution in [1.29, 1.82) is 0 Å². The minimum Gasteiger partial charge on any atom is -0.378 e. The van der Waals surface area contributed by atoms with Gasteiger partial charge in [0.15, 0.2) is 0 Å². The van der Waals surface area contributed by atoms with Crippen LogP contribution in [0.2, 0.25) is 0 Å². The van der Waals surface area contributed by atoms with Crippen LogP contribution < -0.4 is 10.6 Å². The highest BCUT2D eigenvalue weighted by atomic mass is 32.1. The second-order valence-electron chi connectivity index (χ2n) is 5.25. The van der Waals surface area contributed by atoms with Gasteiger partial charge in [-0.05, 0) is 6.92 Å². The minimum absolute atomic E-state index is 0.0383. The van der Waals surface area contributed by atoms with E-state index in [9.17, 15) is 4.79 Å². The third kappa shape index (κ3) is 3.52. The SMILES string of the molecule is CC(NC(=O)C1COCCN1)c1nc(-c2ccccc2)cs1. The zero-order chi connectivity index (χ0) is 15.4. The van der Waals surface area contributed by atoms with Crippen LogP contribution in [-0.4, -0.2) is 36.7 Å². The van der Waals surface area contributed by atoms with Gasteiger partial charge in [0.2, 0.25) is 5.91 Å². The van der Waals surface area contributed by atoms with E-state index >= 15 is 0 Å². The summed E-state index contributed by atoms with van der Waals surface area (Å²) >= 11 is 1.56. The molecule has 1 aromatic carbocycles. The average molecular weight is 317 g/mol. The Morgan fingerprint density at radius 1 is 1.45 bits per heavy atom. The Hall–Kier alpha value is -1.76. The number of carbonyl (C=O) groups is 1. The van der Waals surface area contributed by atoms with Gasteiger partial charge < -0.3 is 15.4 Å². The van der Waals surface area contributed by atoms with Crippen molar-refractivity contribution < 1.29 is 9.53 Å². The molecule has 1 aliphatic heterocycles. The van der Waals surface area contributed by atoms with Crippen LogP contribution in [0.1, 0.15) is 18.0 Å². The quantitative estimate of drug-likeness (QED) is 0.905. The third-order valence-corrected chi connectivity index (χ3v) is 4.59. The molecule has 0 radical (unpaired) electrons. The molecule has 2 aromatic rings. The number of morpholine rings is 1. The first kappa shape index (κ1) is 15.1. The Bertz CT molecular complexity index is 623. The Morgan fingerprint density at radius 3 is 3.00 bits per heavy atom. The maximum Gasteiger partial charge on any atom is 0.240 e. The summed E-state index contributed by atoms with van der Waals surface area (Å²) in [5.74, 6) is -0.0383. The summed E-state index contributed by atoms with van der Waals surface area (Å²) in [6.45, 7) is 3.75. The molecule has 0 spiro atoms. The molecule has 2 heterocycles. The summed E-state index contributed by atoms with van der Waals surface area (Å²) < 4.78 is 5.32. The van der Waals surface area contributed by atoms with E-state index in [1.165, 1.54) is 0 Å². The van der Waals surface area contributed by atoms with Crippen LogP contribution in [0.4, 0.5) is 0 Å². The Labute approximate surface area is 133 Å². The number of benzene rings is 1. The van der Waals surface area contributed by atoms with E-state index in [1.807, 2.05) is 42.6 Å². The van der Waals surface area contributed by atoms with Crippen molar-refractivity contribution in [2.45, 2.75) is 19.0 Å². The number of nitrogens with zero attached hydrogens (tertiary/aromatic N) is 1. The van der Waals surface area contributed by atoms with E-state index < -0.39 is 0 Å². The van der Waals surface area contributed by atoms with Crippen molar-refractivity contribution in [3.8, 4) is 11.3 Å². The maximum atomic E-state index is 12.2. The summed E-state index contributed by atoms with van der Waals surface area (Å²) in [7, 11) is 0. The average Bonchev–Trinajstić information content (AvgIpc) is 3.06. The lowest BCUT2D eigenvalue weighted by atomic mass is 10.2. The summed E-state index contributed by atoms with van der Waals surface area (Å²) in [5.41, 5.74) is 2.03. The molecule has 0 bridgehead atoms. The van der Waals surface area contributed by atoms with Gasteiger partial charge in [0.05, 0.1) is 24.9 Å². The van der Waals surface area contributed by atoms with Gasteiger partial charge in [-0.1, -0.05) is 30.3 Å². The number of rotatable bonds is 4. The van der Waals surface area contributed by atoms with Crippen molar-refractivity contribution in [3.63, 3.8) is 0 Å². The van der Waals surface area contributed by atoms with Crippen LogP contribution >= 0.6 is 11.3 Å². The third-order valence-electron chi connectivity index (χ3n) is 3.56. The standard InChI is InChI=1S/C16H19N3O2S/c1-11(18-15(20)13-9-21-8-7-17-13)16-19-14(10-22-16)12-5-3-2-4-6-12/h2-6,10-11,13,17H,7-9H2,1H3,(H,18,20). The van der Waals surface area contributed by atoms with Crippen molar-refractivity contribution in [1.82, 2.24) is 15.6 Å². The fourth-order valence-corrected chi connectivity index (χ4v) is 3.17. The topological polar surface area (TPSA) is 63.2 Å². The van der Waals surface area contributed by atoms with Gasteiger partial charge in [-0.2, -0.15) is 0 Å². The monoisotopic (exact) mass is 317 g/mol. The highest BCUT2D eigenvalue weighted by molar-refractivity contribution is 7.10. The van der Waals surface area contributed by atoms with Gasteiger partial charge in [-0.25, -0.2) is 4.98 Å². The molecule has 1 aliphatic rings. The highest BCUT2D eigenvalue weighted by Crippen LogP contribution is 2.25. The Kier molecular flexibility index (Phi) is 4.82. The number of nitrogens with one attached hydrogen (secondary N) is 2. The first-order valence-electron chi connectivity index (χ1n) is 7.36. The summed E-state index contributed by atoms with van der Waals surface area (Å²) in [5, 5.41) is 9.08. The number of hydrogen-bond acceptors (Lipinski definition) is 5. The molecule has 6 heteroatoms. The molecule has 2 atom stereocenters. The molecule has 1 saturated heterocycles. The predicted molar refractivity (Wildman–Crippen MR) is 86.7 cm³/mol. The number of amides is 1. The summed E-state index contributed by atoms with van der Waals surface area (Å²) in [6, 6.07) is 9.65. The van der Waals surface area contributed by atoms with E-state index in [1.54, 1.807) is 11.3 Å². The van der Waals surface area contributed by atoms with Crippen molar-refractivity contribution in [2.24, 2.45) is 0 Å². The molecular formula is C16H19N3O2S. The molecule has 116 valence electrons. The highest BCUT2D eigenvalue weighted by Gasteiger charge is 2.23. The predicted octanol–water partition coefficient (Wildman–Crippen LogP) is 1.98. The van der Waals surface area contributed by atoms with Gasteiger partial charge in [-0.15, -0.1) is 11.3 Å². The molecule has 0 saturated carbocycles. The number of aromatic nitrogens is 1. The number of carbonyl (C=O) groups excluding carboxylic acids is 1. The van der Waals surface area contributed by atoms with E-state index in [4.69, 9.17) is 4.74 Å². The fourth-order valence-electron chi connectivity index (χ4n) is 2.34. The smallest absolute Gasteiger partial charge is 0.240 e. The molecule has 2 N–H and O–H groups in total. The van der Waals surface area contributed by atoms with E-state index in [0.717, 1.165) is 16.3 Å². The zero-order valence-corrected chi connectivity index (χ0v) is 13.2. The molecule has 5 nitrogen and oxygen atoms in total. The zero-order valence-electron chi connectivity index (χ0n) is 12.4. The fraction of sp³-hybridized carbons (Fsp3) is 0.375. The normalized spacial score (nSPS) is 19.6. The molecule has 0 aliphatic carbocycles. The lowest BCUT2D eigenvalue weighted by molar-refractivity contribution is -0.126. The second kappa shape index (κ2) is 7.00. The Morgan fingerprint density at radius 2 is 2.27 bits per heavy atom. The van der Waals surface area contributed by atoms with E-state index in [2.05, 4.69) is 15.6 Å². The van der Waals surface area contributed by atoms with E-state index in [-0.39, 0.29) is 18.0 Å². The number of ether oxygens (including phenoxy) is 1. The Balaban J connectivity index is 1.64. The van der Waals surface area contributed by atoms with Gasteiger partial charge in [0.1, 0.15) is 11.0 Å². The van der Waals surface area contributed by atoms with Gasteiger partial charge in [-0.3, -0.25) is 4.79 Å². The van der Waals surface area contributed by atoms with Gasteiger partial charge >= 0.3 is 0 Å². The minimum atomic E-state index is -0.273. The summed E-state index contributed by atoms with van der Waals surface area (Å²) in [6.07, 6.45) is 0. The molecule has 2 unspecified atom stereocenters. The van der Waals surface area contributed by atoms with Crippen LogP contribution in [-0.2, 0) is 9.53 Å². The van der Waals surface area contributed by atoms with Crippen LogP contribution in [0, 0.1) is 0 Å². The first-order valence-corrected chi connectivity index (χ1v) is 8.24. The van der Waals surface area contributed by atoms with Crippen LogP contribution in [0.25, 0.3) is 11.3 Å². The van der Waals surface area contributed by atoms with Gasteiger partial charge in [0.25, 0.3) is 0 Å². The molecule has 3 rings (SSSR count). The van der Waals surface area contributed by atoms with Crippen molar-refractivity contribution in [3.05, 3.63) is 40.7 Å². The van der Waals surface area contributed by atoms with Gasteiger partial charge in [0, 0.05) is 17.5 Å². The van der Waals surface area contributed by atoms with Crippen molar-refractivity contribution >= 4 is 17.2 Å². The van der Waals surface area contributed by atoms with Crippen molar-refractivity contribution in [2.75, 3.05) is 19.8 Å². The maximum absolute atomic E-state index is 12.2. The van der Waals surface area contributed by atoms with Crippen LogP contribution in [0.5, 0.6) is 0 Å². The van der Waals surface area contributed by atoms with Crippen LogP contribution in [0.3, 0.4) is 0 Å². The molecule has 1 aromatic heterocycles.